The Balaban J connectivity index is 1.98. The van der Waals surface area contributed by atoms with Crippen LogP contribution in [0.1, 0.15) is 0 Å². The first kappa shape index (κ1) is 11.5. The van der Waals surface area contributed by atoms with Crippen molar-refractivity contribution >= 4 is 0 Å². The first-order valence-corrected chi connectivity index (χ1v) is 6.13. The molecule has 2 heteroatoms. The standard InChI is InChI=1S/C17H13NO/c19-17-6-2-1-5-16(17)14-9-7-13(8-10-14)15-4-3-11-18-12-15/h1-12,19H. The largest absolute Gasteiger partial charge is 0.507 e. The Morgan fingerprint density at radius 2 is 1.42 bits per heavy atom. The van der Waals surface area contributed by atoms with Crippen molar-refractivity contribution in [1.29, 1.82) is 0 Å². The Morgan fingerprint density at radius 1 is 0.684 bits per heavy atom. The van der Waals surface area contributed by atoms with Crippen LogP contribution in [0, 0.1) is 0 Å². The minimum Gasteiger partial charge on any atom is -0.507 e. The van der Waals surface area contributed by atoms with Gasteiger partial charge in [-0.2, -0.15) is 0 Å². The summed E-state index contributed by atoms with van der Waals surface area (Å²) in [4.78, 5) is 4.12. The van der Waals surface area contributed by atoms with Gasteiger partial charge in [0, 0.05) is 18.0 Å². The van der Waals surface area contributed by atoms with Crippen LogP contribution >= 0.6 is 0 Å². The molecule has 3 aromatic rings. The normalized spacial score (nSPS) is 10.3. The Bertz CT molecular complexity index is 675. The quantitative estimate of drug-likeness (QED) is 0.738. The molecule has 2 aromatic carbocycles. The zero-order valence-electron chi connectivity index (χ0n) is 10.3. The summed E-state index contributed by atoms with van der Waals surface area (Å²) in [5, 5.41) is 9.84. The molecule has 19 heavy (non-hydrogen) atoms. The van der Waals surface area contributed by atoms with E-state index in [1.165, 1.54) is 0 Å². The van der Waals surface area contributed by atoms with Gasteiger partial charge in [-0.15, -0.1) is 0 Å². The summed E-state index contributed by atoms with van der Waals surface area (Å²) in [6.07, 6.45) is 3.61. The van der Waals surface area contributed by atoms with Gasteiger partial charge in [0.15, 0.2) is 0 Å². The van der Waals surface area contributed by atoms with E-state index in [0.29, 0.717) is 5.75 Å². The number of hydrogen-bond acceptors (Lipinski definition) is 2. The lowest BCUT2D eigenvalue weighted by molar-refractivity contribution is 0.477. The number of para-hydroxylation sites is 1. The Hall–Kier alpha value is -2.61. The lowest BCUT2D eigenvalue weighted by atomic mass is 10.0. The maximum atomic E-state index is 9.84. The van der Waals surface area contributed by atoms with Crippen molar-refractivity contribution in [3.05, 3.63) is 73.1 Å². The molecular weight excluding hydrogens is 234 g/mol. The van der Waals surface area contributed by atoms with Crippen molar-refractivity contribution in [3.8, 4) is 28.0 Å². The topological polar surface area (TPSA) is 33.1 Å². The minimum absolute atomic E-state index is 0.302. The average molecular weight is 247 g/mol. The number of phenolic OH excluding ortho intramolecular Hbond substituents is 1. The summed E-state index contributed by atoms with van der Waals surface area (Å²) in [6, 6.07) is 19.4. The van der Waals surface area contributed by atoms with Crippen molar-refractivity contribution in [1.82, 2.24) is 4.98 Å². The highest BCUT2D eigenvalue weighted by Gasteiger charge is 2.03. The molecule has 0 aliphatic rings. The fourth-order valence-electron chi connectivity index (χ4n) is 2.09. The van der Waals surface area contributed by atoms with Crippen molar-refractivity contribution < 1.29 is 5.11 Å². The SMILES string of the molecule is Oc1ccccc1-c1ccc(-c2cccnc2)cc1. The monoisotopic (exact) mass is 247 g/mol. The maximum absolute atomic E-state index is 9.84. The van der Waals surface area contributed by atoms with Crippen LogP contribution in [0.15, 0.2) is 73.1 Å². The van der Waals surface area contributed by atoms with Gasteiger partial charge in [-0.3, -0.25) is 4.98 Å². The molecule has 0 aliphatic heterocycles. The molecule has 0 fully saturated rings. The summed E-state index contributed by atoms with van der Waals surface area (Å²) in [5.41, 5.74) is 4.06. The molecule has 1 aromatic heterocycles. The van der Waals surface area contributed by atoms with Crippen LogP contribution in [0.5, 0.6) is 5.75 Å². The van der Waals surface area contributed by atoms with Crippen molar-refractivity contribution in [2.45, 2.75) is 0 Å². The minimum atomic E-state index is 0.302. The first-order chi connectivity index (χ1) is 9.34. The van der Waals surface area contributed by atoms with Crippen LogP contribution in [0.25, 0.3) is 22.3 Å². The van der Waals surface area contributed by atoms with E-state index < -0.39 is 0 Å². The molecule has 0 atom stereocenters. The van der Waals surface area contributed by atoms with E-state index in [1.807, 2.05) is 60.8 Å². The second kappa shape index (κ2) is 4.94. The number of hydrogen-bond donors (Lipinski definition) is 1. The maximum Gasteiger partial charge on any atom is 0.123 e. The molecule has 3 rings (SSSR count). The summed E-state index contributed by atoms with van der Waals surface area (Å²) in [7, 11) is 0. The van der Waals surface area contributed by atoms with Gasteiger partial charge in [0.1, 0.15) is 5.75 Å². The first-order valence-electron chi connectivity index (χ1n) is 6.13. The molecule has 92 valence electrons. The van der Waals surface area contributed by atoms with E-state index in [-0.39, 0.29) is 0 Å². The molecule has 0 saturated heterocycles. The van der Waals surface area contributed by atoms with Crippen LogP contribution in [0.2, 0.25) is 0 Å². The smallest absolute Gasteiger partial charge is 0.123 e. The number of aromatic hydroxyl groups is 1. The van der Waals surface area contributed by atoms with Gasteiger partial charge >= 0.3 is 0 Å². The summed E-state index contributed by atoms with van der Waals surface area (Å²) >= 11 is 0. The molecule has 0 aliphatic carbocycles. The zero-order chi connectivity index (χ0) is 13.1. The van der Waals surface area contributed by atoms with Crippen molar-refractivity contribution in [3.63, 3.8) is 0 Å². The Labute approximate surface area is 112 Å². The predicted octanol–water partition coefficient (Wildman–Crippen LogP) is 4.12. The molecule has 1 heterocycles. The van der Waals surface area contributed by atoms with E-state index in [2.05, 4.69) is 4.98 Å². The van der Waals surface area contributed by atoms with Crippen molar-refractivity contribution in [2.75, 3.05) is 0 Å². The van der Waals surface area contributed by atoms with Gasteiger partial charge in [0.25, 0.3) is 0 Å². The molecule has 0 bridgehead atoms. The third-order valence-corrected chi connectivity index (χ3v) is 3.09. The van der Waals surface area contributed by atoms with E-state index in [9.17, 15) is 5.11 Å². The van der Waals surface area contributed by atoms with E-state index in [0.717, 1.165) is 22.3 Å². The molecule has 0 saturated carbocycles. The van der Waals surface area contributed by atoms with Gasteiger partial charge in [0.2, 0.25) is 0 Å². The number of pyridine rings is 1. The molecule has 0 spiro atoms. The van der Waals surface area contributed by atoms with Gasteiger partial charge in [-0.05, 0) is 28.8 Å². The number of benzene rings is 2. The number of rotatable bonds is 2. The van der Waals surface area contributed by atoms with Crippen molar-refractivity contribution in [2.24, 2.45) is 0 Å². The van der Waals surface area contributed by atoms with Crippen LogP contribution < -0.4 is 0 Å². The average Bonchev–Trinajstić information content (AvgIpc) is 2.49. The van der Waals surface area contributed by atoms with E-state index in [1.54, 1.807) is 12.3 Å². The second-order valence-corrected chi connectivity index (χ2v) is 4.34. The van der Waals surface area contributed by atoms with Gasteiger partial charge < -0.3 is 5.11 Å². The van der Waals surface area contributed by atoms with E-state index in [4.69, 9.17) is 0 Å². The Kier molecular flexibility index (Phi) is 2.99. The lowest BCUT2D eigenvalue weighted by Crippen LogP contribution is -1.81. The highest BCUT2D eigenvalue weighted by Crippen LogP contribution is 2.30. The molecule has 2 nitrogen and oxygen atoms in total. The van der Waals surface area contributed by atoms with Crippen LogP contribution in [0.4, 0.5) is 0 Å². The highest BCUT2D eigenvalue weighted by molar-refractivity contribution is 5.73. The Morgan fingerprint density at radius 3 is 2.11 bits per heavy atom. The molecule has 0 unspecified atom stereocenters. The molecule has 0 radical (unpaired) electrons. The lowest BCUT2D eigenvalue weighted by Gasteiger charge is -2.06. The summed E-state index contributed by atoms with van der Waals surface area (Å²) in [5.74, 6) is 0.302. The van der Waals surface area contributed by atoms with Gasteiger partial charge in [-0.1, -0.05) is 48.5 Å². The number of aromatic nitrogens is 1. The van der Waals surface area contributed by atoms with E-state index >= 15 is 0 Å². The third kappa shape index (κ3) is 2.33. The van der Waals surface area contributed by atoms with Crippen LogP contribution in [0.3, 0.4) is 0 Å². The summed E-state index contributed by atoms with van der Waals surface area (Å²) in [6.45, 7) is 0. The fraction of sp³-hybridized carbons (Fsp3) is 0. The van der Waals surface area contributed by atoms with Gasteiger partial charge in [-0.25, -0.2) is 0 Å². The molecule has 1 N–H and O–H groups in total. The molecular formula is C17H13NO. The predicted molar refractivity (Wildman–Crippen MR) is 76.8 cm³/mol. The van der Waals surface area contributed by atoms with Crippen LogP contribution in [-0.4, -0.2) is 10.1 Å². The number of phenols is 1. The fourth-order valence-corrected chi connectivity index (χ4v) is 2.09. The molecule has 0 amide bonds. The van der Waals surface area contributed by atoms with Crippen LogP contribution in [-0.2, 0) is 0 Å². The second-order valence-electron chi connectivity index (χ2n) is 4.34. The third-order valence-electron chi connectivity index (χ3n) is 3.09. The zero-order valence-corrected chi connectivity index (χ0v) is 10.3. The highest BCUT2D eigenvalue weighted by atomic mass is 16.3. The summed E-state index contributed by atoms with van der Waals surface area (Å²) < 4.78 is 0. The van der Waals surface area contributed by atoms with Gasteiger partial charge in [0.05, 0.1) is 0 Å². The number of nitrogens with zero attached hydrogens (tertiary/aromatic N) is 1.